The summed E-state index contributed by atoms with van der Waals surface area (Å²) in [7, 11) is 0. The Balaban J connectivity index is 1.79. The maximum absolute atomic E-state index is 13.1. The van der Waals surface area contributed by atoms with Crippen LogP contribution in [0, 0.1) is 11.8 Å². The average molecular weight is 483 g/mol. The molecule has 2 amide bonds. The van der Waals surface area contributed by atoms with Gasteiger partial charge in [0.1, 0.15) is 23.7 Å². The van der Waals surface area contributed by atoms with Crippen molar-refractivity contribution in [2.75, 3.05) is 32.0 Å². The van der Waals surface area contributed by atoms with E-state index in [0.29, 0.717) is 29.3 Å². The van der Waals surface area contributed by atoms with Crippen LogP contribution in [-0.4, -0.2) is 59.0 Å². The second-order valence-corrected chi connectivity index (χ2v) is 11.0. The monoisotopic (exact) mass is 482 g/mol. The van der Waals surface area contributed by atoms with Gasteiger partial charge in [0.2, 0.25) is 5.91 Å². The molecule has 0 bridgehead atoms. The van der Waals surface area contributed by atoms with Crippen molar-refractivity contribution in [3.05, 3.63) is 36.2 Å². The highest BCUT2D eigenvalue weighted by molar-refractivity contribution is 7.91. The van der Waals surface area contributed by atoms with E-state index < -0.39 is 22.9 Å². The zero-order chi connectivity index (χ0) is 24.6. The summed E-state index contributed by atoms with van der Waals surface area (Å²) in [6.45, 7) is 10.3. The van der Waals surface area contributed by atoms with E-state index in [-0.39, 0.29) is 36.5 Å². The number of carbonyl (C=O) groups excluding carboxylic acids is 2. The minimum atomic E-state index is -1.18. The number of amides is 2. The lowest BCUT2D eigenvalue weighted by atomic mass is 10.1. The lowest BCUT2D eigenvalue weighted by Crippen LogP contribution is -2.34. The van der Waals surface area contributed by atoms with Crippen molar-refractivity contribution in [3.8, 4) is 5.75 Å². The number of ether oxygens (including phenoxy) is 2. The largest absolute Gasteiger partial charge is 0.611 e. The highest BCUT2D eigenvalue weighted by atomic mass is 32.2. The first-order valence-corrected chi connectivity index (χ1v) is 12.5. The van der Waals surface area contributed by atoms with Crippen LogP contribution in [0.3, 0.4) is 0 Å². The number of nitrogens with one attached hydrogen (secondary N) is 1. The van der Waals surface area contributed by atoms with Crippen molar-refractivity contribution in [2.45, 2.75) is 51.5 Å². The number of rotatable bonds is 9. The number of alkyl carbamates (subject to hydrolysis) is 1. The van der Waals surface area contributed by atoms with Crippen LogP contribution in [0.25, 0.3) is 0 Å². The summed E-state index contributed by atoms with van der Waals surface area (Å²) in [5, 5.41) is 2.49. The molecule has 184 valence electrons. The first-order valence-electron chi connectivity index (χ1n) is 11.1. The van der Waals surface area contributed by atoms with Crippen LogP contribution in [0.5, 0.6) is 5.75 Å². The Morgan fingerprint density at radius 2 is 1.97 bits per heavy atom. The van der Waals surface area contributed by atoms with Crippen LogP contribution < -0.4 is 10.1 Å². The molecule has 0 radical (unpaired) electrons. The molecule has 1 fully saturated rings. The molecule has 2 rings (SSSR count). The predicted molar refractivity (Wildman–Crippen MR) is 126 cm³/mol. The fourth-order valence-electron chi connectivity index (χ4n) is 3.33. The van der Waals surface area contributed by atoms with Crippen molar-refractivity contribution in [2.24, 2.45) is 11.8 Å². The molecule has 33 heavy (non-hydrogen) atoms. The molecule has 9 heteroatoms. The molecule has 1 aliphatic rings. The molecule has 0 spiro atoms. The number of hydrogen-bond acceptors (Lipinski definition) is 5. The van der Waals surface area contributed by atoms with E-state index in [1.807, 2.05) is 18.7 Å². The Hall–Kier alpha value is -2.26. The third-order valence-electron chi connectivity index (χ3n) is 5.00. The average Bonchev–Trinajstić information content (AvgIpc) is 3.20. The smallest absolute Gasteiger partial charge is 0.407 e. The molecule has 1 aromatic carbocycles. The Bertz CT molecular complexity index is 823. The van der Waals surface area contributed by atoms with E-state index in [1.54, 1.807) is 45.0 Å². The van der Waals surface area contributed by atoms with E-state index in [9.17, 15) is 18.5 Å². The van der Waals surface area contributed by atoms with Gasteiger partial charge < -0.3 is 24.2 Å². The Morgan fingerprint density at radius 3 is 2.55 bits per heavy atom. The predicted octanol–water partition coefficient (Wildman–Crippen LogP) is 4.06. The summed E-state index contributed by atoms with van der Waals surface area (Å²) in [5.74, 6) is 1.35. The number of likely N-dealkylation sites (tertiary alicyclic amines) is 1. The summed E-state index contributed by atoms with van der Waals surface area (Å²) in [5.41, 5.74) is -0.389. The number of halogens is 1. The van der Waals surface area contributed by atoms with Gasteiger partial charge in [-0.15, -0.1) is 0 Å². The normalized spacial score (nSPS) is 17.8. The first kappa shape index (κ1) is 27.0. The lowest BCUT2D eigenvalue weighted by molar-refractivity contribution is -0.133. The van der Waals surface area contributed by atoms with Gasteiger partial charge >= 0.3 is 6.09 Å². The van der Waals surface area contributed by atoms with Crippen LogP contribution in [-0.2, 0) is 20.7 Å². The summed E-state index contributed by atoms with van der Waals surface area (Å²) < 4.78 is 36.6. The van der Waals surface area contributed by atoms with Crippen LogP contribution in [0.1, 0.15) is 41.0 Å². The summed E-state index contributed by atoms with van der Waals surface area (Å²) in [4.78, 5) is 26.4. The Labute approximate surface area is 198 Å². The van der Waals surface area contributed by atoms with Crippen LogP contribution in [0.2, 0.25) is 0 Å². The molecule has 0 aromatic heterocycles. The highest BCUT2D eigenvalue weighted by Crippen LogP contribution is 2.24. The Kier molecular flexibility index (Phi) is 10.0. The minimum Gasteiger partial charge on any atom is -0.611 e. The van der Waals surface area contributed by atoms with Crippen LogP contribution >= 0.6 is 0 Å². The second kappa shape index (κ2) is 12.3. The van der Waals surface area contributed by atoms with Gasteiger partial charge in [-0.05, 0) is 62.6 Å². The van der Waals surface area contributed by atoms with Gasteiger partial charge in [0, 0.05) is 37.0 Å². The van der Waals surface area contributed by atoms with E-state index in [2.05, 4.69) is 5.32 Å². The van der Waals surface area contributed by atoms with Gasteiger partial charge in [-0.2, -0.15) is 0 Å². The fourth-order valence-corrected chi connectivity index (χ4v) is 4.66. The van der Waals surface area contributed by atoms with E-state index >= 15 is 0 Å². The molecule has 0 aliphatic carbocycles. The minimum absolute atomic E-state index is 0.0253. The maximum Gasteiger partial charge on any atom is 0.407 e. The fraction of sp³-hybridized carbons (Fsp3) is 0.583. The van der Waals surface area contributed by atoms with Gasteiger partial charge in [-0.3, -0.25) is 4.79 Å². The van der Waals surface area contributed by atoms with Gasteiger partial charge in [0.25, 0.3) is 0 Å². The van der Waals surface area contributed by atoms with E-state index in [0.717, 1.165) is 13.0 Å². The molecule has 1 saturated heterocycles. The summed E-state index contributed by atoms with van der Waals surface area (Å²) in [6, 6.07) is 6.84. The second-order valence-electron chi connectivity index (χ2n) is 9.49. The number of carbonyl (C=O) groups is 2. The molecule has 2 atom stereocenters. The lowest BCUT2D eigenvalue weighted by Gasteiger charge is -2.20. The van der Waals surface area contributed by atoms with E-state index in [4.69, 9.17) is 9.47 Å². The van der Waals surface area contributed by atoms with Gasteiger partial charge in [0.15, 0.2) is 4.90 Å². The van der Waals surface area contributed by atoms with Gasteiger partial charge in [0.05, 0.1) is 6.33 Å². The quantitative estimate of drug-likeness (QED) is 0.536. The molecule has 0 saturated carbocycles. The first-order chi connectivity index (χ1) is 15.5. The maximum atomic E-state index is 13.1. The zero-order valence-electron chi connectivity index (χ0n) is 20.1. The van der Waals surface area contributed by atoms with Gasteiger partial charge in [-0.1, -0.05) is 13.8 Å². The SMILES string of the molecule is CC(C)C(=O)N1CCC(C[S+]([O-])c2ccc(OC/C(=C/F)CNC(=O)OC(C)(C)C)cc2)C1. The summed E-state index contributed by atoms with van der Waals surface area (Å²) >= 11 is -1.18. The summed E-state index contributed by atoms with van der Waals surface area (Å²) in [6.07, 6.45) is 0.629. The number of hydrogen-bond donors (Lipinski definition) is 1. The molecule has 1 aliphatic heterocycles. The Morgan fingerprint density at radius 1 is 1.30 bits per heavy atom. The van der Waals surface area contributed by atoms with Crippen molar-refractivity contribution < 1.29 is 28.0 Å². The molecule has 1 heterocycles. The van der Waals surface area contributed by atoms with Crippen LogP contribution in [0.15, 0.2) is 41.1 Å². The molecule has 1 N–H and O–H groups in total. The van der Waals surface area contributed by atoms with Crippen molar-refractivity contribution in [1.29, 1.82) is 0 Å². The molecular formula is C24H35FN2O5S. The molecular weight excluding hydrogens is 447 g/mol. The molecule has 2 unspecified atom stereocenters. The topological polar surface area (TPSA) is 90.9 Å². The third kappa shape index (κ3) is 9.25. The number of nitrogens with zero attached hydrogens (tertiary/aromatic N) is 1. The zero-order valence-corrected chi connectivity index (χ0v) is 20.9. The van der Waals surface area contributed by atoms with Crippen LogP contribution in [0.4, 0.5) is 9.18 Å². The van der Waals surface area contributed by atoms with Crippen molar-refractivity contribution >= 4 is 23.2 Å². The number of benzene rings is 1. The molecule has 1 aromatic rings. The van der Waals surface area contributed by atoms with Crippen molar-refractivity contribution in [1.82, 2.24) is 10.2 Å². The van der Waals surface area contributed by atoms with Gasteiger partial charge in [-0.25, -0.2) is 9.18 Å². The van der Waals surface area contributed by atoms with Crippen molar-refractivity contribution in [3.63, 3.8) is 0 Å². The molecule has 7 nitrogen and oxygen atoms in total. The third-order valence-corrected chi connectivity index (χ3v) is 6.57. The van der Waals surface area contributed by atoms with E-state index in [1.165, 1.54) is 0 Å². The highest BCUT2D eigenvalue weighted by Gasteiger charge is 2.31. The standard InChI is InChI=1S/C24H35FN2O5S/c1-17(2)22(28)27-11-10-18(14-27)16-33(30)21-8-6-20(7-9-21)31-15-19(12-25)13-26-23(29)32-24(3,4)5/h6-9,12,17-18H,10-11,13-16H2,1-5H3,(H,26,29)/b19-12+.